The van der Waals surface area contributed by atoms with Crippen LogP contribution in [0.5, 0.6) is 5.75 Å². The number of ether oxygens (including phenoxy) is 1. The standard InChI is InChI=1S/C19H19FN6O/c1-9-7-21-10(2)18-23-17(24-26(9)18)14-6-13(14)16-11(3)25-8-12(20)5-15(27-4)19(25)22-16/h5,7-8,13-14H,6H2,1-4H3/t13-,14-/m0/s1. The number of rotatable bonds is 3. The molecule has 4 aromatic rings. The first-order valence-electron chi connectivity index (χ1n) is 8.89. The van der Waals surface area contributed by atoms with Crippen molar-refractivity contribution in [1.29, 1.82) is 0 Å². The molecule has 2 atom stereocenters. The summed E-state index contributed by atoms with van der Waals surface area (Å²) in [6, 6.07) is 1.36. The smallest absolute Gasteiger partial charge is 0.180 e. The molecular weight excluding hydrogens is 347 g/mol. The Bertz CT molecular complexity index is 1170. The fourth-order valence-corrected chi connectivity index (χ4v) is 3.77. The first-order valence-corrected chi connectivity index (χ1v) is 8.89. The van der Waals surface area contributed by atoms with E-state index in [4.69, 9.17) is 14.7 Å². The molecule has 1 saturated carbocycles. The van der Waals surface area contributed by atoms with E-state index in [-0.39, 0.29) is 17.7 Å². The number of methoxy groups -OCH3 is 1. The number of nitrogens with zero attached hydrogens (tertiary/aromatic N) is 6. The number of imidazole rings is 1. The molecule has 0 amide bonds. The molecule has 7 nitrogen and oxygen atoms in total. The lowest BCUT2D eigenvalue weighted by molar-refractivity contribution is 0.412. The summed E-state index contributed by atoms with van der Waals surface area (Å²) in [5.41, 5.74) is 5.13. The number of aryl methyl sites for hydroxylation is 3. The predicted molar refractivity (Wildman–Crippen MR) is 96.8 cm³/mol. The van der Waals surface area contributed by atoms with E-state index in [0.29, 0.717) is 11.4 Å². The Morgan fingerprint density at radius 3 is 2.70 bits per heavy atom. The maximum Gasteiger partial charge on any atom is 0.180 e. The normalized spacial score (nSPS) is 19.1. The van der Waals surface area contributed by atoms with E-state index in [1.807, 2.05) is 25.3 Å². The molecule has 4 heterocycles. The summed E-state index contributed by atoms with van der Waals surface area (Å²) in [6.07, 6.45) is 4.18. The number of halogens is 1. The second-order valence-corrected chi connectivity index (χ2v) is 7.14. The number of hydrogen-bond donors (Lipinski definition) is 0. The number of aromatic nitrogens is 6. The Labute approximate surface area is 154 Å². The van der Waals surface area contributed by atoms with Crippen molar-refractivity contribution in [2.24, 2.45) is 0 Å². The van der Waals surface area contributed by atoms with E-state index in [1.54, 1.807) is 10.6 Å². The molecule has 138 valence electrons. The molecular formula is C19H19FN6O. The average molecular weight is 366 g/mol. The molecule has 5 rings (SSSR count). The summed E-state index contributed by atoms with van der Waals surface area (Å²) in [6.45, 7) is 5.86. The number of pyridine rings is 1. The van der Waals surface area contributed by atoms with Gasteiger partial charge in [0.25, 0.3) is 0 Å². The summed E-state index contributed by atoms with van der Waals surface area (Å²) in [4.78, 5) is 13.8. The Morgan fingerprint density at radius 2 is 1.96 bits per heavy atom. The minimum Gasteiger partial charge on any atom is -0.493 e. The Balaban J connectivity index is 1.56. The van der Waals surface area contributed by atoms with E-state index in [9.17, 15) is 4.39 Å². The van der Waals surface area contributed by atoms with Gasteiger partial charge in [-0.3, -0.25) is 9.38 Å². The molecule has 0 N–H and O–H groups in total. The third-order valence-corrected chi connectivity index (χ3v) is 5.35. The maximum absolute atomic E-state index is 13.9. The lowest BCUT2D eigenvalue weighted by Gasteiger charge is -2.03. The van der Waals surface area contributed by atoms with Gasteiger partial charge in [0.2, 0.25) is 0 Å². The van der Waals surface area contributed by atoms with E-state index < -0.39 is 0 Å². The average Bonchev–Trinajstić information content (AvgIpc) is 3.18. The van der Waals surface area contributed by atoms with Gasteiger partial charge in [-0.1, -0.05) is 0 Å². The highest BCUT2D eigenvalue weighted by atomic mass is 19.1. The summed E-state index contributed by atoms with van der Waals surface area (Å²) in [5, 5.41) is 4.69. The summed E-state index contributed by atoms with van der Waals surface area (Å²) >= 11 is 0. The minimum atomic E-state index is -0.348. The maximum atomic E-state index is 13.9. The van der Waals surface area contributed by atoms with Crippen LogP contribution >= 0.6 is 0 Å². The molecule has 0 radical (unpaired) electrons. The third kappa shape index (κ3) is 2.32. The van der Waals surface area contributed by atoms with Crippen molar-refractivity contribution < 1.29 is 9.13 Å². The molecule has 1 aliphatic rings. The van der Waals surface area contributed by atoms with Crippen molar-refractivity contribution in [3.05, 3.63) is 52.9 Å². The second kappa shape index (κ2) is 5.48. The molecule has 0 bridgehead atoms. The lowest BCUT2D eigenvalue weighted by atomic mass is 10.2. The highest BCUT2D eigenvalue weighted by molar-refractivity contribution is 5.57. The van der Waals surface area contributed by atoms with Crippen molar-refractivity contribution in [1.82, 2.24) is 29.0 Å². The fraction of sp³-hybridized carbons (Fsp3) is 0.368. The quantitative estimate of drug-likeness (QED) is 0.557. The first kappa shape index (κ1) is 16.2. The zero-order valence-electron chi connectivity index (χ0n) is 15.6. The molecule has 0 saturated heterocycles. The Hall–Kier alpha value is -3.03. The summed E-state index contributed by atoms with van der Waals surface area (Å²) in [7, 11) is 1.53. The van der Waals surface area contributed by atoms with Gasteiger partial charge in [0.05, 0.1) is 24.2 Å². The molecule has 0 aromatic carbocycles. The summed E-state index contributed by atoms with van der Waals surface area (Å²) in [5.74, 6) is 1.34. The van der Waals surface area contributed by atoms with Crippen molar-refractivity contribution in [2.75, 3.05) is 7.11 Å². The van der Waals surface area contributed by atoms with Crippen molar-refractivity contribution >= 4 is 11.3 Å². The minimum absolute atomic E-state index is 0.211. The Kier molecular flexibility index (Phi) is 3.28. The van der Waals surface area contributed by atoms with Gasteiger partial charge in [0.15, 0.2) is 22.9 Å². The highest BCUT2D eigenvalue weighted by Crippen LogP contribution is 2.54. The van der Waals surface area contributed by atoms with Crippen LogP contribution in [0.25, 0.3) is 11.3 Å². The van der Waals surface area contributed by atoms with Crippen LogP contribution in [0.4, 0.5) is 4.39 Å². The molecule has 1 aliphatic carbocycles. The van der Waals surface area contributed by atoms with Gasteiger partial charge in [-0.05, 0) is 27.2 Å². The molecule has 27 heavy (non-hydrogen) atoms. The van der Waals surface area contributed by atoms with Gasteiger partial charge < -0.3 is 4.74 Å². The van der Waals surface area contributed by atoms with Crippen molar-refractivity contribution in [2.45, 2.75) is 39.0 Å². The van der Waals surface area contributed by atoms with Gasteiger partial charge in [-0.15, -0.1) is 0 Å². The predicted octanol–water partition coefficient (Wildman–Crippen LogP) is 3.12. The first-order chi connectivity index (χ1) is 13.0. The zero-order valence-corrected chi connectivity index (χ0v) is 15.6. The van der Waals surface area contributed by atoms with Gasteiger partial charge in [0.1, 0.15) is 5.82 Å². The van der Waals surface area contributed by atoms with Crippen molar-refractivity contribution in [3.63, 3.8) is 0 Å². The summed E-state index contributed by atoms with van der Waals surface area (Å²) < 4.78 is 22.8. The van der Waals surface area contributed by atoms with Crippen LogP contribution in [-0.2, 0) is 0 Å². The monoisotopic (exact) mass is 366 g/mol. The third-order valence-electron chi connectivity index (χ3n) is 5.35. The molecule has 0 aliphatic heterocycles. The van der Waals surface area contributed by atoms with E-state index in [2.05, 4.69) is 10.1 Å². The van der Waals surface area contributed by atoms with Crippen LogP contribution < -0.4 is 4.74 Å². The van der Waals surface area contributed by atoms with Gasteiger partial charge >= 0.3 is 0 Å². The topological polar surface area (TPSA) is 69.6 Å². The van der Waals surface area contributed by atoms with Crippen molar-refractivity contribution in [3.8, 4) is 5.75 Å². The SMILES string of the molecule is COc1cc(F)cn2c(C)c([C@H]3C[C@@H]3c3nc4c(C)ncc(C)n4n3)nc12. The number of fused-ring (bicyclic) bond motifs is 2. The van der Waals surface area contributed by atoms with Gasteiger partial charge in [-0.2, -0.15) is 5.10 Å². The van der Waals surface area contributed by atoms with Gasteiger partial charge in [0, 0.05) is 36.0 Å². The Morgan fingerprint density at radius 1 is 1.15 bits per heavy atom. The van der Waals surface area contributed by atoms with E-state index in [1.165, 1.54) is 19.4 Å². The fourth-order valence-electron chi connectivity index (χ4n) is 3.77. The zero-order chi connectivity index (χ0) is 18.9. The van der Waals surface area contributed by atoms with Crippen LogP contribution in [0.15, 0.2) is 18.5 Å². The largest absolute Gasteiger partial charge is 0.493 e. The molecule has 0 unspecified atom stereocenters. The lowest BCUT2D eigenvalue weighted by Crippen LogP contribution is -1.97. The number of hydrogen-bond acceptors (Lipinski definition) is 5. The molecule has 1 fully saturated rings. The molecule has 4 aromatic heterocycles. The van der Waals surface area contributed by atoms with E-state index >= 15 is 0 Å². The molecule has 0 spiro atoms. The van der Waals surface area contributed by atoms with Crippen LogP contribution in [0.2, 0.25) is 0 Å². The van der Waals surface area contributed by atoms with E-state index in [0.717, 1.165) is 40.7 Å². The van der Waals surface area contributed by atoms with Crippen LogP contribution in [-0.4, -0.2) is 36.1 Å². The van der Waals surface area contributed by atoms with Crippen LogP contribution in [0.3, 0.4) is 0 Å². The highest BCUT2D eigenvalue weighted by Gasteiger charge is 2.45. The second-order valence-electron chi connectivity index (χ2n) is 7.14. The van der Waals surface area contributed by atoms with Gasteiger partial charge in [-0.25, -0.2) is 18.9 Å². The van der Waals surface area contributed by atoms with Crippen LogP contribution in [0.1, 0.15) is 46.9 Å². The van der Waals surface area contributed by atoms with Crippen LogP contribution in [0, 0.1) is 26.6 Å². The molecule has 8 heteroatoms.